The smallest absolute Gasteiger partial charge is 0.248 e. The number of carbonyl (C=O) groups excluding carboxylic acids is 1. The number of nitrogens with zero attached hydrogens (tertiary/aromatic N) is 2. The standard InChI is InChI=1S/C7H7ClN2O3S/c1-4(11)5-3-6(8)10-7(9-5)14(2,12)13/h3H,1-2H3. The lowest BCUT2D eigenvalue weighted by molar-refractivity contribution is 0.101. The van der Waals surface area contributed by atoms with Gasteiger partial charge in [0.1, 0.15) is 10.8 Å². The zero-order valence-electron chi connectivity index (χ0n) is 7.48. The summed E-state index contributed by atoms with van der Waals surface area (Å²) in [4.78, 5) is 18.0. The molecule has 0 fully saturated rings. The van der Waals surface area contributed by atoms with Gasteiger partial charge in [-0.2, -0.15) is 0 Å². The minimum absolute atomic E-state index is 0.00887. The van der Waals surface area contributed by atoms with Gasteiger partial charge in [0.25, 0.3) is 0 Å². The summed E-state index contributed by atoms with van der Waals surface area (Å²) < 4.78 is 22.1. The minimum atomic E-state index is -3.54. The first-order chi connectivity index (χ1) is 6.30. The fraction of sp³-hybridized carbons (Fsp3) is 0.286. The van der Waals surface area contributed by atoms with Crippen LogP contribution in [0.15, 0.2) is 11.2 Å². The molecule has 0 saturated heterocycles. The van der Waals surface area contributed by atoms with Gasteiger partial charge >= 0.3 is 0 Å². The lowest BCUT2D eigenvalue weighted by Crippen LogP contribution is -2.08. The highest BCUT2D eigenvalue weighted by molar-refractivity contribution is 7.90. The monoisotopic (exact) mass is 234 g/mol. The van der Waals surface area contributed by atoms with E-state index in [1.165, 1.54) is 13.0 Å². The van der Waals surface area contributed by atoms with Crippen molar-refractivity contribution in [2.24, 2.45) is 0 Å². The first kappa shape index (κ1) is 11.1. The van der Waals surface area contributed by atoms with Crippen molar-refractivity contribution in [3.63, 3.8) is 0 Å². The third-order valence-corrected chi connectivity index (χ3v) is 2.41. The fourth-order valence-electron chi connectivity index (χ4n) is 0.743. The number of hydrogen-bond acceptors (Lipinski definition) is 5. The fourth-order valence-corrected chi connectivity index (χ4v) is 1.50. The highest BCUT2D eigenvalue weighted by Gasteiger charge is 2.14. The highest BCUT2D eigenvalue weighted by atomic mass is 35.5. The highest BCUT2D eigenvalue weighted by Crippen LogP contribution is 2.11. The summed E-state index contributed by atoms with van der Waals surface area (Å²) in [6.45, 7) is 1.27. The molecule has 0 radical (unpaired) electrons. The van der Waals surface area contributed by atoms with Crippen LogP contribution in [0, 0.1) is 0 Å². The van der Waals surface area contributed by atoms with Crippen molar-refractivity contribution in [2.45, 2.75) is 12.1 Å². The number of rotatable bonds is 2. The van der Waals surface area contributed by atoms with Crippen molar-refractivity contribution in [3.8, 4) is 0 Å². The van der Waals surface area contributed by atoms with Crippen LogP contribution in [0.2, 0.25) is 5.15 Å². The Balaban J connectivity index is 3.43. The predicted molar refractivity (Wildman–Crippen MR) is 50.2 cm³/mol. The van der Waals surface area contributed by atoms with Crippen molar-refractivity contribution in [3.05, 3.63) is 16.9 Å². The average Bonchev–Trinajstić information content (AvgIpc) is 2.01. The molecule has 1 aromatic heterocycles. The van der Waals surface area contributed by atoms with Crippen LogP contribution < -0.4 is 0 Å². The Morgan fingerprint density at radius 1 is 1.43 bits per heavy atom. The van der Waals surface area contributed by atoms with E-state index in [0.717, 1.165) is 6.26 Å². The normalized spacial score (nSPS) is 11.4. The minimum Gasteiger partial charge on any atom is -0.293 e. The molecular formula is C7H7ClN2O3S. The number of Topliss-reactive ketones (excluding diaryl/α,β-unsaturated/α-hetero) is 1. The van der Waals surface area contributed by atoms with E-state index in [1.807, 2.05) is 0 Å². The second-order valence-electron chi connectivity index (χ2n) is 2.69. The second kappa shape index (κ2) is 3.62. The Kier molecular flexibility index (Phi) is 2.86. The molecule has 14 heavy (non-hydrogen) atoms. The first-order valence-corrected chi connectivity index (χ1v) is 5.83. The van der Waals surface area contributed by atoms with Crippen LogP contribution in [0.1, 0.15) is 17.4 Å². The molecule has 1 heterocycles. The topological polar surface area (TPSA) is 77.0 Å². The maximum Gasteiger partial charge on any atom is 0.248 e. The molecule has 1 rings (SSSR count). The third-order valence-electron chi connectivity index (χ3n) is 1.37. The lowest BCUT2D eigenvalue weighted by Gasteiger charge is -1.99. The van der Waals surface area contributed by atoms with E-state index in [0.29, 0.717) is 0 Å². The second-order valence-corrected chi connectivity index (χ2v) is 4.98. The molecule has 0 N–H and O–H groups in total. The summed E-state index contributed by atoms with van der Waals surface area (Å²) in [7, 11) is -3.54. The van der Waals surface area contributed by atoms with Crippen LogP contribution in [0.3, 0.4) is 0 Å². The van der Waals surface area contributed by atoms with Crippen molar-refractivity contribution >= 4 is 27.2 Å². The van der Waals surface area contributed by atoms with E-state index in [2.05, 4.69) is 9.97 Å². The molecule has 0 aliphatic heterocycles. The Bertz CT molecular complexity index is 484. The Hall–Kier alpha value is -1.01. The van der Waals surface area contributed by atoms with Gasteiger partial charge in [-0.15, -0.1) is 0 Å². The van der Waals surface area contributed by atoms with Gasteiger partial charge in [0.2, 0.25) is 15.0 Å². The molecule has 0 amide bonds. The van der Waals surface area contributed by atoms with Gasteiger partial charge in [-0.05, 0) is 0 Å². The van der Waals surface area contributed by atoms with Crippen molar-refractivity contribution in [1.29, 1.82) is 0 Å². The van der Waals surface area contributed by atoms with Gasteiger partial charge in [0.15, 0.2) is 5.78 Å². The van der Waals surface area contributed by atoms with Crippen molar-refractivity contribution < 1.29 is 13.2 Å². The molecule has 0 bridgehead atoms. The molecule has 0 saturated carbocycles. The summed E-state index contributed by atoms with van der Waals surface area (Å²) in [6, 6.07) is 1.22. The Morgan fingerprint density at radius 3 is 2.43 bits per heavy atom. The Morgan fingerprint density at radius 2 is 2.00 bits per heavy atom. The van der Waals surface area contributed by atoms with Gasteiger partial charge in [0, 0.05) is 19.2 Å². The van der Waals surface area contributed by atoms with Crippen molar-refractivity contribution in [1.82, 2.24) is 9.97 Å². The van der Waals surface area contributed by atoms with E-state index in [1.54, 1.807) is 0 Å². The summed E-state index contributed by atoms with van der Waals surface area (Å²) in [6.07, 6.45) is 0.947. The number of aromatic nitrogens is 2. The quantitative estimate of drug-likeness (QED) is 0.428. The molecule has 7 heteroatoms. The molecule has 0 spiro atoms. The SMILES string of the molecule is CC(=O)c1cc(Cl)nc(S(C)(=O)=O)n1. The first-order valence-electron chi connectivity index (χ1n) is 3.56. The summed E-state index contributed by atoms with van der Waals surface area (Å²) in [5.74, 6) is -0.362. The van der Waals surface area contributed by atoms with Gasteiger partial charge < -0.3 is 0 Å². The van der Waals surface area contributed by atoms with Gasteiger partial charge in [-0.25, -0.2) is 18.4 Å². The van der Waals surface area contributed by atoms with Gasteiger partial charge in [0.05, 0.1) is 0 Å². The summed E-state index contributed by atoms with van der Waals surface area (Å²) >= 11 is 5.53. The molecule has 0 aromatic carbocycles. The number of ketones is 1. The molecule has 0 atom stereocenters. The van der Waals surface area contributed by atoms with Crippen LogP contribution >= 0.6 is 11.6 Å². The van der Waals surface area contributed by atoms with E-state index >= 15 is 0 Å². The largest absolute Gasteiger partial charge is 0.293 e. The molecule has 0 aliphatic rings. The molecular weight excluding hydrogens is 228 g/mol. The van der Waals surface area contributed by atoms with Crippen LogP contribution in [0.4, 0.5) is 0 Å². The predicted octanol–water partition coefficient (Wildman–Crippen LogP) is 0.736. The van der Waals surface area contributed by atoms with Crippen LogP contribution in [-0.2, 0) is 9.84 Å². The molecule has 1 aromatic rings. The van der Waals surface area contributed by atoms with Crippen molar-refractivity contribution in [2.75, 3.05) is 6.26 Å². The Labute approximate surface area is 86.1 Å². The van der Waals surface area contributed by atoms with Gasteiger partial charge in [-0.1, -0.05) is 11.6 Å². The lowest BCUT2D eigenvalue weighted by atomic mass is 10.3. The summed E-state index contributed by atoms with van der Waals surface area (Å²) in [5, 5.41) is -0.499. The maximum absolute atomic E-state index is 11.1. The summed E-state index contributed by atoms with van der Waals surface area (Å²) in [5.41, 5.74) is -0.00887. The molecule has 76 valence electrons. The zero-order valence-corrected chi connectivity index (χ0v) is 9.06. The third kappa shape index (κ3) is 2.49. The van der Waals surface area contributed by atoms with E-state index in [4.69, 9.17) is 11.6 Å². The molecule has 5 nitrogen and oxygen atoms in total. The molecule has 0 unspecified atom stereocenters. The number of sulfone groups is 1. The molecule has 0 aliphatic carbocycles. The van der Waals surface area contributed by atoms with E-state index in [-0.39, 0.29) is 16.6 Å². The zero-order chi connectivity index (χ0) is 10.9. The average molecular weight is 235 g/mol. The van der Waals surface area contributed by atoms with Crippen LogP contribution in [-0.4, -0.2) is 30.4 Å². The maximum atomic E-state index is 11.1. The number of hydrogen-bond donors (Lipinski definition) is 0. The van der Waals surface area contributed by atoms with E-state index in [9.17, 15) is 13.2 Å². The number of carbonyl (C=O) groups is 1. The van der Waals surface area contributed by atoms with Crippen LogP contribution in [0.25, 0.3) is 0 Å². The van der Waals surface area contributed by atoms with Crippen LogP contribution in [0.5, 0.6) is 0 Å². The van der Waals surface area contributed by atoms with Gasteiger partial charge in [-0.3, -0.25) is 4.79 Å². The van der Waals surface area contributed by atoms with E-state index < -0.39 is 15.0 Å². The number of halogens is 1.